The van der Waals surface area contributed by atoms with Gasteiger partial charge in [-0.25, -0.2) is 13.8 Å². The Morgan fingerprint density at radius 1 is 1.54 bits per heavy atom. The van der Waals surface area contributed by atoms with Gasteiger partial charge < -0.3 is 4.74 Å². The van der Waals surface area contributed by atoms with Crippen LogP contribution in [-0.4, -0.2) is 18.0 Å². The van der Waals surface area contributed by atoms with Crippen LogP contribution in [0.15, 0.2) is 16.7 Å². The lowest BCUT2D eigenvalue weighted by Crippen LogP contribution is -2.07. The zero-order valence-corrected chi connectivity index (χ0v) is 8.51. The Bertz CT molecular complexity index is 293. The second-order valence-electron chi connectivity index (χ2n) is 2.44. The minimum Gasteiger partial charge on any atom is -0.485 e. The first kappa shape index (κ1) is 10.4. The topological polar surface area (TPSA) is 22.1 Å². The molecule has 0 spiro atoms. The number of aryl methyl sites for hydroxylation is 1. The van der Waals surface area contributed by atoms with E-state index in [4.69, 9.17) is 4.74 Å². The molecule has 5 heteroatoms. The van der Waals surface area contributed by atoms with Crippen LogP contribution in [0.3, 0.4) is 0 Å². The molecule has 1 rings (SSSR count). The summed E-state index contributed by atoms with van der Waals surface area (Å²) in [5.41, 5.74) is 0.802. The summed E-state index contributed by atoms with van der Waals surface area (Å²) < 4.78 is 28.8. The Hall–Kier alpha value is -0.710. The number of nitrogens with zero attached hydrogens (tertiary/aromatic N) is 1. The third kappa shape index (κ3) is 3.26. The molecule has 2 nitrogen and oxygen atoms in total. The molecule has 0 radical (unpaired) electrons. The molecular weight excluding hydrogens is 244 g/mol. The fraction of sp³-hybridized carbons (Fsp3) is 0.375. The van der Waals surface area contributed by atoms with Crippen molar-refractivity contribution in [3.8, 4) is 5.75 Å². The summed E-state index contributed by atoms with van der Waals surface area (Å²) in [4.78, 5) is 4.00. The Balaban J connectivity index is 2.67. The lowest BCUT2D eigenvalue weighted by atomic mass is 10.4. The van der Waals surface area contributed by atoms with E-state index in [2.05, 4.69) is 20.9 Å². The highest BCUT2D eigenvalue weighted by Crippen LogP contribution is 2.22. The van der Waals surface area contributed by atoms with Crippen LogP contribution in [0.4, 0.5) is 8.78 Å². The fourth-order valence-corrected chi connectivity index (χ4v) is 1.30. The maximum Gasteiger partial charge on any atom is 0.272 e. The summed E-state index contributed by atoms with van der Waals surface area (Å²) in [6, 6.07) is 3.31. The molecule has 13 heavy (non-hydrogen) atoms. The average Bonchev–Trinajstić information content (AvgIpc) is 2.02. The number of alkyl halides is 2. The first-order chi connectivity index (χ1) is 6.09. The summed E-state index contributed by atoms with van der Waals surface area (Å²) in [5.74, 6) is 0.339. The Morgan fingerprint density at radius 3 is 2.77 bits per heavy atom. The van der Waals surface area contributed by atoms with Crippen LogP contribution in [0, 0.1) is 6.92 Å². The van der Waals surface area contributed by atoms with Gasteiger partial charge in [0.1, 0.15) is 11.2 Å². The van der Waals surface area contributed by atoms with Gasteiger partial charge in [0, 0.05) is 5.69 Å². The third-order valence-corrected chi connectivity index (χ3v) is 1.89. The summed E-state index contributed by atoms with van der Waals surface area (Å²) >= 11 is 3.12. The second-order valence-corrected chi connectivity index (χ2v) is 3.19. The summed E-state index contributed by atoms with van der Waals surface area (Å²) in [7, 11) is 0. The SMILES string of the molecule is Cc1ccc(OCC(F)F)c(Br)n1. The zero-order chi connectivity index (χ0) is 9.84. The van der Waals surface area contributed by atoms with Gasteiger partial charge in [-0.05, 0) is 35.0 Å². The lowest BCUT2D eigenvalue weighted by molar-refractivity contribution is 0.0813. The molecule has 1 aromatic rings. The summed E-state index contributed by atoms with van der Waals surface area (Å²) in [6.07, 6.45) is -2.46. The predicted molar refractivity (Wildman–Crippen MR) is 48.2 cm³/mol. The van der Waals surface area contributed by atoms with Crippen molar-refractivity contribution in [3.63, 3.8) is 0 Å². The molecule has 0 saturated heterocycles. The van der Waals surface area contributed by atoms with E-state index in [9.17, 15) is 8.78 Å². The van der Waals surface area contributed by atoms with Gasteiger partial charge in [0.15, 0.2) is 5.75 Å². The highest BCUT2D eigenvalue weighted by atomic mass is 79.9. The molecule has 1 aromatic heterocycles. The van der Waals surface area contributed by atoms with Crippen molar-refractivity contribution in [1.29, 1.82) is 0 Å². The van der Waals surface area contributed by atoms with E-state index in [-0.39, 0.29) is 0 Å². The normalized spacial score (nSPS) is 10.5. The van der Waals surface area contributed by atoms with Gasteiger partial charge in [-0.1, -0.05) is 0 Å². The number of pyridine rings is 1. The number of aromatic nitrogens is 1. The second kappa shape index (κ2) is 4.50. The van der Waals surface area contributed by atoms with E-state index in [1.54, 1.807) is 12.1 Å². The van der Waals surface area contributed by atoms with Crippen LogP contribution in [0.5, 0.6) is 5.75 Å². The number of ether oxygens (including phenoxy) is 1. The van der Waals surface area contributed by atoms with E-state index in [1.165, 1.54) is 0 Å². The molecule has 0 aromatic carbocycles. The average molecular weight is 252 g/mol. The maximum absolute atomic E-state index is 11.8. The zero-order valence-electron chi connectivity index (χ0n) is 6.93. The maximum atomic E-state index is 11.8. The van der Waals surface area contributed by atoms with Gasteiger partial charge in [0.2, 0.25) is 0 Å². The quantitative estimate of drug-likeness (QED) is 0.771. The predicted octanol–water partition coefficient (Wildman–Crippen LogP) is 2.80. The third-order valence-electron chi connectivity index (χ3n) is 1.32. The van der Waals surface area contributed by atoms with Crippen molar-refractivity contribution in [2.24, 2.45) is 0 Å². The molecule has 0 amide bonds. The van der Waals surface area contributed by atoms with Crippen LogP contribution < -0.4 is 4.74 Å². The molecule has 1 heterocycles. The number of halogens is 3. The van der Waals surface area contributed by atoms with Crippen molar-refractivity contribution in [1.82, 2.24) is 4.98 Å². The van der Waals surface area contributed by atoms with Crippen molar-refractivity contribution < 1.29 is 13.5 Å². The van der Waals surface area contributed by atoms with E-state index < -0.39 is 13.0 Å². The smallest absolute Gasteiger partial charge is 0.272 e. The minimum atomic E-state index is -2.46. The monoisotopic (exact) mass is 251 g/mol. The Labute approximate surface area is 83.1 Å². The molecule has 0 aliphatic carbocycles. The van der Waals surface area contributed by atoms with E-state index in [0.717, 1.165) is 5.69 Å². The Morgan fingerprint density at radius 2 is 2.23 bits per heavy atom. The van der Waals surface area contributed by atoms with Gasteiger partial charge in [-0.15, -0.1) is 0 Å². The van der Waals surface area contributed by atoms with Crippen molar-refractivity contribution in [2.45, 2.75) is 13.3 Å². The van der Waals surface area contributed by atoms with E-state index in [0.29, 0.717) is 10.4 Å². The first-order valence-corrected chi connectivity index (χ1v) is 4.43. The van der Waals surface area contributed by atoms with E-state index >= 15 is 0 Å². The molecule has 72 valence electrons. The number of rotatable bonds is 3. The van der Waals surface area contributed by atoms with Crippen LogP contribution in [0.1, 0.15) is 5.69 Å². The van der Waals surface area contributed by atoms with Gasteiger partial charge in [0.05, 0.1) is 0 Å². The highest BCUT2D eigenvalue weighted by Gasteiger charge is 2.06. The minimum absolute atomic E-state index is 0.339. The lowest BCUT2D eigenvalue weighted by Gasteiger charge is -2.06. The first-order valence-electron chi connectivity index (χ1n) is 3.63. The van der Waals surface area contributed by atoms with Crippen molar-refractivity contribution in [3.05, 3.63) is 22.4 Å². The highest BCUT2D eigenvalue weighted by molar-refractivity contribution is 9.10. The summed E-state index contributed by atoms with van der Waals surface area (Å²) in [5, 5.41) is 0. The number of hydrogen-bond donors (Lipinski definition) is 0. The number of hydrogen-bond acceptors (Lipinski definition) is 2. The standard InChI is InChI=1S/C8H8BrF2NO/c1-5-2-3-6(8(9)12-5)13-4-7(10)11/h2-3,7H,4H2,1H3. The molecule has 0 bridgehead atoms. The fourth-order valence-electron chi connectivity index (χ4n) is 0.773. The molecule has 0 fully saturated rings. The molecule has 0 N–H and O–H groups in total. The molecule has 0 aliphatic heterocycles. The van der Waals surface area contributed by atoms with Crippen LogP contribution in [0.25, 0.3) is 0 Å². The van der Waals surface area contributed by atoms with Crippen molar-refractivity contribution >= 4 is 15.9 Å². The van der Waals surface area contributed by atoms with Gasteiger partial charge in [0.25, 0.3) is 6.43 Å². The molecule has 0 aliphatic rings. The molecule has 0 unspecified atom stereocenters. The van der Waals surface area contributed by atoms with Gasteiger partial charge in [-0.3, -0.25) is 0 Å². The largest absolute Gasteiger partial charge is 0.485 e. The molecular formula is C8H8BrF2NO. The van der Waals surface area contributed by atoms with Crippen LogP contribution >= 0.6 is 15.9 Å². The van der Waals surface area contributed by atoms with E-state index in [1.807, 2.05) is 6.92 Å². The molecule has 0 saturated carbocycles. The van der Waals surface area contributed by atoms with Gasteiger partial charge >= 0.3 is 0 Å². The molecule has 0 atom stereocenters. The van der Waals surface area contributed by atoms with Gasteiger partial charge in [-0.2, -0.15) is 0 Å². The summed E-state index contributed by atoms with van der Waals surface area (Å²) in [6.45, 7) is 1.20. The van der Waals surface area contributed by atoms with Crippen molar-refractivity contribution in [2.75, 3.05) is 6.61 Å². The van der Waals surface area contributed by atoms with Crippen LogP contribution in [-0.2, 0) is 0 Å². The van der Waals surface area contributed by atoms with Crippen LogP contribution in [0.2, 0.25) is 0 Å². The Kier molecular flexibility index (Phi) is 3.59.